The zero-order valence-electron chi connectivity index (χ0n) is 11.0. The molecule has 1 aromatic heterocycles. The Morgan fingerprint density at radius 2 is 1.65 bits per heavy atom. The Morgan fingerprint density at radius 3 is 2.40 bits per heavy atom. The molecular weight excluding hydrogens is 359 g/mol. The van der Waals surface area contributed by atoms with Gasteiger partial charge in [0.15, 0.2) is 0 Å². The molecule has 0 unspecified atom stereocenters. The van der Waals surface area contributed by atoms with Gasteiger partial charge in [0.05, 0.1) is 6.33 Å². The van der Waals surface area contributed by atoms with Gasteiger partial charge in [0.25, 0.3) is 0 Å². The lowest BCUT2D eigenvalue weighted by molar-refractivity contribution is 0.753. The van der Waals surface area contributed by atoms with Gasteiger partial charge in [-0.1, -0.05) is 42.5 Å². The first-order valence-corrected chi connectivity index (χ1v) is 7.66. The summed E-state index contributed by atoms with van der Waals surface area (Å²) in [5.41, 5.74) is 3.87. The highest BCUT2D eigenvalue weighted by molar-refractivity contribution is 14.1. The molecule has 0 aliphatic heterocycles. The molecule has 0 N–H and O–H groups in total. The van der Waals surface area contributed by atoms with Crippen molar-refractivity contribution >= 4 is 22.6 Å². The van der Waals surface area contributed by atoms with E-state index in [2.05, 4.69) is 80.7 Å². The number of hydrogen-bond donors (Lipinski definition) is 0. The lowest BCUT2D eigenvalue weighted by atomic mass is 10.1. The van der Waals surface area contributed by atoms with Gasteiger partial charge in [-0.05, 0) is 45.9 Å². The molecule has 0 saturated heterocycles. The first-order valence-electron chi connectivity index (χ1n) is 6.58. The van der Waals surface area contributed by atoms with Crippen LogP contribution in [0.2, 0.25) is 0 Å². The van der Waals surface area contributed by atoms with Crippen molar-refractivity contribution in [2.75, 3.05) is 0 Å². The summed E-state index contributed by atoms with van der Waals surface area (Å²) in [5, 5.41) is 0. The van der Waals surface area contributed by atoms with E-state index in [0.717, 1.165) is 13.0 Å². The van der Waals surface area contributed by atoms with Crippen molar-refractivity contribution in [2.24, 2.45) is 0 Å². The average molecular weight is 374 g/mol. The Hall–Kier alpha value is -1.62. The highest BCUT2D eigenvalue weighted by Crippen LogP contribution is 2.12. The van der Waals surface area contributed by atoms with Crippen LogP contribution in [-0.2, 0) is 13.0 Å². The van der Waals surface area contributed by atoms with Crippen molar-refractivity contribution in [1.29, 1.82) is 0 Å². The van der Waals surface area contributed by atoms with Gasteiger partial charge in [0, 0.05) is 28.4 Å². The second-order valence-electron chi connectivity index (χ2n) is 4.80. The molecule has 3 heteroatoms. The molecule has 0 bridgehead atoms. The molecule has 0 amide bonds. The summed E-state index contributed by atoms with van der Waals surface area (Å²) in [4.78, 5) is 4.29. The fourth-order valence-corrected chi connectivity index (χ4v) is 2.59. The minimum Gasteiger partial charge on any atom is -0.330 e. The molecule has 0 saturated carbocycles. The van der Waals surface area contributed by atoms with Gasteiger partial charge in [-0.15, -0.1) is 0 Å². The average Bonchev–Trinajstić information content (AvgIpc) is 2.90. The molecular formula is C17H15IN2. The molecule has 3 aromatic rings. The third-order valence-electron chi connectivity index (χ3n) is 3.29. The van der Waals surface area contributed by atoms with Gasteiger partial charge in [0.2, 0.25) is 0 Å². The van der Waals surface area contributed by atoms with E-state index in [1.165, 1.54) is 20.4 Å². The van der Waals surface area contributed by atoms with Crippen molar-refractivity contribution in [3.05, 3.63) is 87.5 Å². The maximum Gasteiger partial charge on any atom is 0.0951 e. The van der Waals surface area contributed by atoms with Crippen molar-refractivity contribution in [3.63, 3.8) is 0 Å². The van der Waals surface area contributed by atoms with Crippen molar-refractivity contribution in [3.8, 4) is 0 Å². The Kier molecular flexibility index (Phi) is 4.16. The molecule has 0 radical (unpaired) electrons. The van der Waals surface area contributed by atoms with Crippen LogP contribution in [0.25, 0.3) is 0 Å². The fourth-order valence-electron chi connectivity index (χ4n) is 2.23. The predicted octanol–water partition coefficient (Wildman–Crippen LogP) is 4.13. The zero-order chi connectivity index (χ0) is 13.8. The summed E-state index contributed by atoms with van der Waals surface area (Å²) in [6.45, 7) is 0.874. The molecule has 0 atom stereocenters. The van der Waals surface area contributed by atoms with E-state index in [4.69, 9.17) is 0 Å². The molecule has 1 heterocycles. The largest absolute Gasteiger partial charge is 0.330 e. The maximum absolute atomic E-state index is 4.29. The lowest BCUT2D eigenvalue weighted by Gasteiger charge is -2.08. The van der Waals surface area contributed by atoms with Gasteiger partial charge in [-0.3, -0.25) is 0 Å². The molecule has 0 fully saturated rings. The van der Waals surface area contributed by atoms with Crippen LogP contribution >= 0.6 is 22.6 Å². The molecule has 2 aromatic carbocycles. The first kappa shape index (κ1) is 13.4. The molecule has 0 aliphatic carbocycles. The molecule has 100 valence electrons. The van der Waals surface area contributed by atoms with E-state index in [0.29, 0.717) is 0 Å². The van der Waals surface area contributed by atoms with Crippen molar-refractivity contribution in [2.45, 2.75) is 13.0 Å². The SMILES string of the molecule is Ic1ccc(Cn2cncc2Cc2ccccc2)cc1. The van der Waals surface area contributed by atoms with Crippen LogP contribution in [0.3, 0.4) is 0 Å². The van der Waals surface area contributed by atoms with Crippen LogP contribution in [-0.4, -0.2) is 9.55 Å². The Morgan fingerprint density at radius 1 is 0.900 bits per heavy atom. The number of halogens is 1. The summed E-state index contributed by atoms with van der Waals surface area (Å²) in [5.74, 6) is 0. The van der Waals surface area contributed by atoms with E-state index in [-0.39, 0.29) is 0 Å². The van der Waals surface area contributed by atoms with Crippen LogP contribution < -0.4 is 0 Å². The molecule has 0 spiro atoms. The monoisotopic (exact) mass is 374 g/mol. The summed E-state index contributed by atoms with van der Waals surface area (Å²) >= 11 is 2.33. The normalized spacial score (nSPS) is 10.7. The van der Waals surface area contributed by atoms with Crippen molar-refractivity contribution < 1.29 is 0 Å². The van der Waals surface area contributed by atoms with Gasteiger partial charge < -0.3 is 4.57 Å². The molecule has 3 rings (SSSR count). The lowest BCUT2D eigenvalue weighted by Crippen LogP contribution is -2.03. The minimum absolute atomic E-state index is 0.874. The Bertz CT molecular complexity index is 672. The maximum atomic E-state index is 4.29. The number of benzene rings is 2. The van der Waals surface area contributed by atoms with Gasteiger partial charge in [-0.25, -0.2) is 4.98 Å². The zero-order valence-corrected chi connectivity index (χ0v) is 13.2. The van der Waals surface area contributed by atoms with E-state index in [9.17, 15) is 0 Å². The molecule has 2 nitrogen and oxygen atoms in total. The predicted molar refractivity (Wildman–Crippen MR) is 89.7 cm³/mol. The van der Waals surface area contributed by atoms with Crippen LogP contribution in [0.1, 0.15) is 16.8 Å². The van der Waals surface area contributed by atoms with E-state index >= 15 is 0 Å². The third kappa shape index (κ3) is 3.28. The molecule has 20 heavy (non-hydrogen) atoms. The highest BCUT2D eigenvalue weighted by Gasteiger charge is 2.04. The fraction of sp³-hybridized carbons (Fsp3) is 0.118. The Balaban J connectivity index is 1.78. The standard InChI is InChI=1S/C17H15IN2/c18-16-8-6-15(7-9-16)12-20-13-19-11-17(20)10-14-4-2-1-3-5-14/h1-9,11,13H,10,12H2. The first-order chi connectivity index (χ1) is 9.81. The van der Waals surface area contributed by atoms with Crippen LogP contribution in [0, 0.1) is 3.57 Å². The van der Waals surface area contributed by atoms with E-state index in [1.807, 2.05) is 18.6 Å². The number of aromatic nitrogens is 2. The summed E-state index contributed by atoms with van der Waals surface area (Å²) in [7, 11) is 0. The number of nitrogens with zero attached hydrogens (tertiary/aromatic N) is 2. The summed E-state index contributed by atoms with van der Waals surface area (Å²) < 4.78 is 3.48. The van der Waals surface area contributed by atoms with E-state index in [1.54, 1.807) is 0 Å². The summed E-state index contributed by atoms with van der Waals surface area (Å²) in [6.07, 6.45) is 4.79. The second kappa shape index (κ2) is 6.22. The number of imidazole rings is 1. The van der Waals surface area contributed by atoms with Crippen molar-refractivity contribution in [1.82, 2.24) is 9.55 Å². The van der Waals surface area contributed by atoms with Gasteiger partial charge in [-0.2, -0.15) is 0 Å². The van der Waals surface area contributed by atoms with Gasteiger partial charge in [0.1, 0.15) is 0 Å². The van der Waals surface area contributed by atoms with E-state index < -0.39 is 0 Å². The van der Waals surface area contributed by atoms with Crippen LogP contribution in [0.15, 0.2) is 67.1 Å². The topological polar surface area (TPSA) is 17.8 Å². The molecule has 0 aliphatic rings. The van der Waals surface area contributed by atoms with Gasteiger partial charge >= 0.3 is 0 Å². The second-order valence-corrected chi connectivity index (χ2v) is 6.05. The highest BCUT2D eigenvalue weighted by atomic mass is 127. The van der Waals surface area contributed by atoms with Crippen LogP contribution in [0.4, 0.5) is 0 Å². The third-order valence-corrected chi connectivity index (χ3v) is 4.01. The number of rotatable bonds is 4. The minimum atomic E-state index is 0.874. The smallest absolute Gasteiger partial charge is 0.0951 e. The van der Waals surface area contributed by atoms with Crippen LogP contribution in [0.5, 0.6) is 0 Å². The summed E-state index contributed by atoms with van der Waals surface area (Å²) in [6, 6.07) is 19.1. The quantitative estimate of drug-likeness (QED) is 0.628. The Labute approximate surface area is 132 Å². The number of hydrogen-bond acceptors (Lipinski definition) is 1.